The number of urea groups is 1. The first kappa shape index (κ1) is 27.6. The molecule has 0 unspecified atom stereocenters. The maximum Gasteiger partial charge on any atom is 0.319 e. The van der Waals surface area contributed by atoms with Crippen LogP contribution in [0.2, 0.25) is 0 Å². The molecule has 1 aliphatic carbocycles. The summed E-state index contributed by atoms with van der Waals surface area (Å²) in [6.45, 7) is 1.91. The van der Waals surface area contributed by atoms with Crippen LogP contribution in [-0.2, 0) is 26.8 Å². The van der Waals surface area contributed by atoms with Crippen molar-refractivity contribution in [3.8, 4) is 0 Å². The van der Waals surface area contributed by atoms with E-state index >= 15 is 0 Å². The van der Waals surface area contributed by atoms with E-state index in [1.165, 1.54) is 25.7 Å². The molecule has 0 bridgehead atoms. The molecule has 200 valence electrons. The highest BCUT2D eigenvalue weighted by molar-refractivity contribution is 7.90. The van der Waals surface area contributed by atoms with Crippen LogP contribution in [-0.4, -0.2) is 26.3 Å². The largest absolute Gasteiger partial charge is 0.328 e. The SMILES string of the molecule is Cc1ccc(S(=O)(=O)Cc2ccc(NC(=O)N[C@H](Cc3ccccc3)C(=O)CCC3CCCC3)cc2)cc1. The van der Waals surface area contributed by atoms with E-state index in [1.54, 1.807) is 48.5 Å². The second kappa shape index (κ2) is 12.9. The molecule has 0 aromatic heterocycles. The van der Waals surface area contributed by atoms with E-state index in [4.69, 9.17) is 0 Å². The molecule has 6 nitrogen and oxygen atoms in total. The minimum atomic E-state index is -3.47. The molecule has 2 N–H and O–H groups in total. The summed E-state index contributed by atoms with van der Waals surface area (Å²) in [5.41, 5.74) is 3.14. The molecule has 2 amide bonds. The molecule has 1 atom stereocenters. The summed E-state index contributed by atoms with van der Waals surface area (Å²) < 4.78 is 25.5. The Morgan fingerprint density at radius 1 is 0.868 bits per heavy atom. The Bertz CT molecular complexity index is 1310. The molecule has 1 saturated carbocycles. The fraction of sp³-hybridized carbons (Fsp3) is 0.355. The van der Waals surface area contributed by atoms with E-state index in [1.807, 2.05) is 37.3 Å². The van der Waals surface area contributed by atoms with Gasteiger partial charge >= 0.3 is 6.03 Å². The minimum Gasteiger partial charge on any atom is -0.328 e. The Balaban J connectivity index is 1.36. The first-order chi connectivity index (χ1) is 18.3. The average Bonchev–Trinajstić information content (AvgIpc) is 3.42. The van der Waals surface area contributed by atoms with Gasteiger partial charge in [0.05, 0.1) is 16.7 Å². The lowest BCUT2D eigenvalue weighted by Gasteiger charge is -2.19. The summed E-state index contributed by atoms with van der Waals surface area (Å²) in [5.74, 6) is 0.531. The maximum absolute atomic E-state index is 13.1. The van der Waals surface area contributed by atoms with Crippen molar-refractivity contribution in [2.75, 3.05) is 5.32 Å². The lowest BCUT2D eigenvalue weighted by Crippen LogP contribution is -2.44. The first-order valence-electron chi connectivity index (χ1n) is 13.3. The van der Waals surface area contributed by atoms with Gasteiger partial charge in [0.15, 0.2) is 15.6 Å². The van der Waals surface area contributed by atoms with E-state index < -0.39 is 21.9 Å². The molecule has 0 heterocycles. The number of hydrogen-bond donors (Lipinski definition) is 2. The zero-order valence-corrected chi connectivity index (χ0v) is 22.7. The van der Waals surface area contributed by atoms with Gasteiger partial charge in [-0.2, -0.15) is 0 Å². The summed E-state index contributed by atoms with van der Waals surface area (Å²) in [6.07, 6.45) is 6.63. The molecule has 3 aromatic carbocycles. The third-order valence-electron chi connectivity index (χ3n) is 7.20. The number of anilines is 1. The number of benzene rings is 3. The molecule has 3 aromatic rings. The number of carbonyl (C=O) groups is 2. The number of ketones is 1. The molecular weight excluding hydrogens is 496 g/mol. The van der Waals surface area contributed by atoms with Crippen molar-refractivity contribution in [2.24, 2.45) is 5.92 Å². The summed E-state index contributed by atoms with van der Waals surface area (Å²) in [7, 11) is -3.47. The fourth-order valence-electron chi connectivity index (χ4n) is 4.97. The van der Waals surface area contributed by atoms with E-state index in [9.17, 15) is 18.0 Å². The monoisotopic (exact) mass is 532 g/mol. The van der Waals surface area contributed by atoms with Crippen molar-refractivity contribution in [1.82, 2.24) is 5.32 Å². The fourth-order valence-corrected chi connectivity index (χ4v) is 6.32. The van der Waals surface area contributed by atoms with Crippen LogP contribution in [0.25, 0.3) is 0 Å². The van der Waals surface area contributed by atoms with E-state index in [0.717, 1.165) is 17.5 Å². The highest BCUT2D eigenvalue weighted by atomic mass is 32.2. The topological polar surface area (TPSA) is 92.3 Å². The summed E-state index contributed by atoms with van der Waals surface area (Å²) in [6, 6.07) is 22.1. The van der Waals surface area contributed by atoms with Crippen LogP contribution in [0.5, 0.6) is 0 Å². The molecule has 0 spiro atoms. The number of hydrogen-bond acceptors (Lipinski definition) is 4. The van der Waals surface area contributed by atoms with Gasteiger partial charge in [0.1, 0.15) is 0 Å². The van der Waals surface area contributed by atoms with Crippen molar-refractivity contribution in [3.63, 3.8) is 0 Å². The van der Waals surface area contributed by atoms with Crippen LogP contribution in [0, 0.1) is 12.8 Å². The zero-order chi connectivity index (χ0) is 27.0. The van der Waals surface area contributed by atoms with Gasteiger partial charge in [0.25, 0.3) is 0 Å². The number of aryl methyl sites for hydroxylation is 1. The van der Waals surface area contributed by atoms with E-state index in [2.05, 4.69) is 10.6 Å². The van der Waals surface area contributed by atoms with Gasteiger partial charge in [-0.05, 0) is 61.1 Å². The van der Waals surface area contributed by atoms with Crippen molar-refractivity contribution >= 4 is 27.3 Å². The predicted molar refractivity (Wildman–Crippen MR) is 151 cm³/mol. The van der Waals surface area contributed by atoms with Gasteiger partial charge in [0.2, 0.25) is 0 Å². The Morgan fingerprint density at radius 3 is 2.18 bits per heavy atom. The lowest BCUT2D eigenvalue weighted by molar-refractivity contribution is -0.121. The number of Topliss-reactive ketones (excluding diaryl/α,β-unsaturated/α-hetero) is 1. The van der Waals surface area contributed by atoms with Crippen LogP contribution in [0.4, 0.5) is 10.5 Å². The zero-order valence-electron chi connectivity index (χ0n) is 21.9. The molecule has 4 rings (SSSR count). The van der Waals surface area contributed by atoms with Gasteiger partial charge < -0.3 is 10.6 Å². The third kappa shape index (κ3) is 8.02. The number of carbonyl (C=O) groups excluding carboxylic acids is 2. The van der Waals surface area contributed by atoms with Crippen molar-refractivity contribution in [3.05, 3.63) is 95.6 Å². The normalized spacial score (nSPS) is 14.7. The molecule has 7 heteroatoms. The summed E-state index contributed by atoms with van der Waals surface area (Å²) >= 11 is 0. The second-order valence-corrected chi connectivity index (χ2v) is 12.3. The molecule has 0 aliphatic heterocycles. The van der Waals surface area contributed by atoms with Crippen LogP contribution in [0.3, 0.4) is 0 Å². The highest BCUT2D eigenvalue weighted by Crippen LogP contribution is 2.29. The highest BCUT2D eigenvalue weighted by Gasteiger charge is 2.24. The molecular formula is C31H36N2O4S. The van der Waals surface area contributed by atoms with E-state index in [-0.39, 0.29) is 16.4 Å². The molecule has 0 saturated heterocycles. The lowest BCUT2D eigenvalue weighted by atomic mass is 9.95. The van der Waals surface area contributed by atoms with Gasteiger partial charge in [-0.1, -0.05) is 85.8 Å². The Hall–Kier alpha value is -3.45. The maximum atomic E-state index is 13.1. The standard InChI is InChI=1S/C31H36N2O4S/c1-23-11-18-28(19-12-23)38(36,37)22-26-13-16-27(17-14-26)32-31(35)33-29(21-25-9-3-2-4-10-25)30(34)20-15-24-7-5-6-8-24/h2-4,9-14,16-19,24,29H,5-8,15,20-22H2,1H3,(H2,32,33,35)/t29-/m1/s1. The van der Waals surface area contributed by atoms with Crippen molar-refractivity contribution in [1.29, 1.82) is 0 Å². The van der Waals surface area contributed by atoms with Crippen molar-refractivity contribution < 1.29 is 18.0 Å². The summed E-state index contributed by atoms with van der Waals surface area (Å²) in [4.78, 5) is 26.2. The molecule has 1 aliphatic rings. The minimum absolute atomic E-state index is 0.0487. The van der Waals surface area contributed by atoms with Crippen LogP contribution >= 0.6 is 0 Å². The Morgan fingerprint density at radius 2 is 1.53 bits per heavy atom. The first-order valence-corrected chi connectivity index (χ1v) is 15.0. The number of rotatable bonds is 11. The number of nitrogens with one attached hydrogen (secondary N) is 2. The van der Waals surface area contributed by atoms with Gasteiger partial charge in [0, 0.05) is 12.1 Å². The summed E-state index contributed by atoms with van der Waals surface area (Å²) in [5, 5.41) is 5.66. The van der Waals surface area contributed by atoms with Gasteiger partial charge in [-0.25, -0.2) is 13.2 Å². The average molecular weight is 533 g/mol. The van der Waals surface area contributed by atoms with Crippen LogP contribution in [0.1, 0.15) is 55.2 Å². The second-order valence-electron chi connectivity index (χ2n) is 10.3. The van der Waals surface area contributed by atoms with Gasteiger partial charge in [-0.3, -0.25) is 4.79 Å². The molecule has 38 heavy (non-hydrogen) atoms. The predicted octanol–water partition coefficient (Wildman–Crippen LogP) is 6.24. The van der Waals surface area contributed by atoms with Crippen molar-refractivity contribution in [2.45, 2.75) is 68.6 Å². The quantitative estimate of drug-likeness (QED) is 0.306. The van der Waals surface area contributed by atoms with Crippen LogP contribution in [0.15, 0.2) is 83.8 Å². The van der Waals surface area contributed by atoms with Gasteiger partial charge in [-0.15, -0.1) is 0 Å². The Labute approximate surface area is 225 Å². The van der Waals surface area contributed by atoms with E-state index in [0.29, 0.717) is 30.0 Å². The Kier molecular flexibility index (Phi) is 9.34. The number of sulfone groups is 1. The smallest absolute Gasteiger partial charge is 0.319 e. The third-order valence-corrected chi connectivity index (χ3v) is 8.90. The number of amides is 2. The molecule has 1 fully saturated rings. The van der Waals surface area contributed by atoms with Crippen LogP contribution < -0.4 is 10.6 Å². The molecule has 0 radical (unpaired) electrons.